The lowest BCUT2D eigenvalue weighted by molar-refractivity contribution is -0.133. The Morgan fingerprint density at radius 2 is 1.85 bits per heavy atom. The van der Waals surface area contributed by atoms with Gasteiger partial charge in [-0.2, -0.15) is 0 Å². The van der Waals surface area contributed by atoms with Gasteiger partial charge in [0.15, 0.2) is 0 Å². The van der Waals surface area contributed by atoms with Gasteiger partial charge in [-0.15, -0.1) is 0 Å². The summed E-state index contributed by atoms with van der Waals surface area (Å²) in [5.74, 6) is 0.736. The van der Waals surface area contributed by atoms with Crippen LogP contribution in [0.5, 0.6) is 5.75 Å². The first-order valence-corrected chi connectivity index (χ1v) is 9.75. The van der Waals surface area contributed by atoms with Crippen LogP contribution in [-0.4, -0.2) is 42.7 Å². The van der Waals surface area contributed by atoms with E-state index in [0.29, 0.717) is 17.4 Å². The average molecular weight is 388 g/mol. The molecule has 0 aromatic heterocycles. The minimum atomic E-state index is -0.139. The van der Waals surface area contributed by atoms with Crippen molar-refractivity contribution in [3.05, 3.63) is 64.7 Å². The maximum Gasteiger partial charge on any atom is 0.223 e. The van der Waals surface area contributed by atoms with Gasteiger partial charge in [-0.1, -0.05) is 35.9 Å². The van der Waals surface area contributed by atoms with E-state index in [1.54, 1.807) is 19.2 Å². The second-order valence-electron chi connectivity index (χ2n) is 7.19. The summed E-state index contributed by atoms with van der Waals surface area (Å²) in [6.45, 7) is 2.31. The number of likely N-dealkylation sites (tertiary alicyclic amines) is 1. The van der Waals surface area contributed by atoms with Crippen LogP contribution in [0.15, 0.2) is 48.5 Å². The molecule has 144 valence electrons. The van der Waals surface area contributed by atoms with Crippen molar-refractivity contribution in [2.24, 2.45) is 5.92 Å². The lowest BCUT2D eigenvalue weighted by Gasteiger charge is -2.33. The zero-order chi connectivity index (χ0) is 19.2. The quantitative estimate of drug-likeness (QED) is 0.796. The van der Waals surface area contributed by atoms with Crippen molar-refractivity contribution in [3.63, 3.8) is 0 Å². The highest BCUT2D eigenvalue weighted by Crippen LogP contribution is 2.32. The summed E-state index contributed by atoms with van der Waals surface area (Å²) >= 11 is 6.18. The third kappa shape index (κ3) is 5.24. The largest absolute Gasteiger partial charge is 0.508 e. The Balaban J connectivity index is 1.77. The van der Waals surface area contributed by atoms with Crippen molar-refractivity contribution < 1.29 is 14.6 Å². The number of nitrogens with zero attached hydrogens (tertiary/aromatic N) is 1. The van der Waals surface area contributed by atoms with Gasteiger partial charge in [0.25, 0.3) is 0 Å². The van der Waals surface area contributed by atoms with Crippen molar-refractivity contribution in [3.8, 4) is 5.75 Å². The molecular formula is C22H26ClNO3. The molecule has 1 amide bonds. The Morgan fingerprint density at radius 1 is 1.19 bits per heavy atom. The number of hydrogen-bond acceptors (Lipinski definition) is 3. The van der Waals surface area contributed by atoms with Gasteiger partial charge in [-0.25, -0.2) is 0 Å². The van der Waals surface area contributed by atoms with Crippen molar-refractivity contribution in [1.82, 2.24) is 4.90 Å². The van der Waals surface area contributed by atoms with E-state index >= 15 is 0 Å². The molecule has 27 heavy (non-hydrogen) atoms. The zero-order valence-electron chi connectivity index (χ0n) is 15.6. The normalized spacial score (nSPS) is 16.3. The first-order valence-electron chi connectivity index (χ1n) is 9.38. The van der Waals surface area contributed by atoms with Crippen LogP contribution >= 0.6 is 11.6 Å². The first-order chi connectivity index (χ1) is 13.1. The van der Waals surface area contributed by atoms with Crippen molar-refractivity contribution in [2.45, 2.75) is 25.2 Å². The summed E-state index contributed by atoms with van der Waals surface area (Å²) in [6.07, 6.45) is 2.32. The number of rotatable bonds is 6. The molecule has 0 saturated carbocycles. The van der Waals surface area contributed by atoms with Crippen LogP contribution in [-0.2, 0) is 9.53 Å². The molecule has 1 atom stereocenters. The third-order valence-electron chi connectivity index (χ3n) is 5.27. The van der Waals surface area contributed by atoms with Crippen LogP contribution in [0.25, 0.3) is 0 Å². The van der Waals surface area contributed by atoms with Gasteiger partial charge in [-0.3, -0.25) is 4.79 Å². The van der Waals surface area contributed by atoms with Crippen LogP contribution in [0, 0.1) is 5.92 Å². The number of benzene rings is 2. The molecule has 1 aliphatic heterocycles. The van der Waals surface area contributed by atoms with Gasteiger partial charge in [-0.05, 0) is 54.2 Å². The van der Waals surface area contributed by atoms with E-state index in [4.69, 9.17) is 16.3 Å². The number of methoxy groups -OCH3 is 1. The van der Waals surface area contributed by atoms with E-state index in [1.807, 2.05) is 41.3 Å². The predicted molar refractivity (Wildman–Crippen MR) is 107 cm³/mol. The van der Waals surface area contributed by atoms with Gasteiger partial charge in [0.2, 0.25) is 5.91 Å². The Labute approximate surface area is 165 Å². The molecule has 3 rings (SSSR count). The molecule has 1 fully saturated rings. The van der Waals surface area contributed by atoms with E-state index in [2.05, 4.69) is 0 Å². The molecule has 1 unspecified atom stereocenters. The highest BCUT2D eigenvalue weighted by atomic mass is 35.5. The Kier molecular flexibility index (Phi) is 6.75. The lowest BCUT2D eigenvalue weighted by Crippen LogP contribution is -2.39. The fourth-order valence-electron chi connectivity index (χ4n) is 3.78. The maximum atomic E-state index is 13.0. The summed E-state index contributed by atoms with van der Waals surface area (Å²) in [5.41, 5.74) is 1.90. The Hall–Kier alpha value is -2.04. The van der Waals surface area contributed by atoms with E-state index in [9.17, 15) is 9.90 Å². The summed E-state index contributed by atoms with van der Waals surface area (Å²) < 4.78 is 5.24. The summed E-state index contributed by atoms with van der Waals surface area (Å²) in [4.78, 5) is 14.9. The number of ether oxygens (including phenoxy) is 1. The van der Waals surface area contributed by atoms with Crippen molar-refractivity contribution in [1.29, 1.82) is 0 Å². The molecule has 2 aromatic rings. The average Bonchev–Trinajstić information content (AvgIpc) is 2.67. The highest BCUT2D eigenvalue weighted by molar-refractivity contribution is 6.30. The van der Waals surface area contributed by atoms with Gasteiger partial charge in [0.05, 0.1) is 0 Å². The van der Waals surface area contributed by atoms with E-state index in [1.165, 1.54) is 0 Å². The molecule has 1 aliphatic rings. The summed E-state index contributed by atoms with van der Waals surface area (Å²) in [7, 11) is 1.72. The molecule has 1 heterocycles. The minimum Gasteiger partial charge on any atom is -0.508 e. The highest BCUT2D eigenvalue weighted by Gasteiger charge is 2.26. The fraction of sp³-hybridized carbons (Fsp3) is 0.409. The molecule has 5 heteroatoms. The second-order valence-corrected chi connectivity index (χ2v) is 7.62. The van der Waals surface area contributed by atoms with Crippen LogP contribution in [0.4, 0.5) is 0 Å². The third-order valence-corrected chi connectivity index (χ3v) is 5.51. The maximum absolute atomic E-state index is 13.0. The van der Waals surface area contributed by atoms with Gasteiger partial charge in [0, 0.05) is 44.2 Å². The monoisotopic (exact) mass is 387 g/mol. The molecule has 0 spiro atoms. The predicted octanol–water partition coefficient (Wildman–Crippen LogP) is 4.45. The molecule has 0 radical (unpaired) electrons. The number of hydrogen-bond donors (Lipinski definition) is 1. The summed E-state index contributed by atoms with van der Waals surface area (Å²) in [6, 6.07) is 14.7. The van der Waals surface area contributed by atoms with Crippen LogP contribution in [0.2, 0.25) is 5.02 Å². The number of phenolic OH excluding ortho intramolecular Hbond substituents is 1. The van der Waals surface area contributed by atoms with Crippen molar-refractivity contribution >= 4 is 17.5 Å². The van der Waals surface area contributed by atoms with E-state index in [-0.39, 0.29) is 17.6 Å². The van der Waals surface area contributed by atoms with Crippen LogP contribution < -0.4 is 0 Å². The number of carbonyl (C=O) groups is 1. The smallest absolute Gasteiger partial charge is 0.223 e. The molecule has 4 nitrogen and oxygen atoms in total. The number of amides is 1. The number of piperidine rings is 1. The number of phenols is 1. The van der Waals surface area contributed by atoms with Crippen molar-refractivity contribution in [2.75, 3.05) is 26.8 Å². The Morgan fingerprint density at radius 3 is 2.48 bits per heavy atom. The molecule has 1 N–H and O–H groups in total. The standard InChI is InChI=1S/C22H26ClNO3/c1-27-15-16-8-10-24(11-9-16)22(26)14-21(17-4-2-6-19(23)12-17)18-5-3-7-20(25)13-18/h2-7,12-13,16,21,25H,8-11,14-15H2,1H3. The van der Waals surface area contributed by atoms with E-state index < -0.39 is 0 Å². The molecule has 0 aliphatic carbocycles. The number of aromatic hydroxyl groups is 1. The molecule has 2 aromatic carbocycles. The number of halogens is 1. The number of carbonyl (C=O) groups excluding carboxylic acids is 1. The molecule has 0 bridgehead atoms. The first kappa shape index (κ1) is 19.7. The summed E-state index contributed by atoms with van der Waals surface area (Å²) in [5, 5.41) is 10.5. The van der Waals surface area contributed by atoms with Gasteiger partial charge in [0.1, 0.15) is 5.75 Å². The van der Waals surface area contributed by atoms with Crippen LogP contribution in [0.1, 0.15) is 36.3 Å². The lowest BCUT2D eigenvalue weighted by atomic mass is 9.87. The fourth-order valence-corrected chi connectivity index (χ4v) is 3.98. The SMILES string of the molecule is COCC1CCN(C(=O)CC(c2cccc(O)c2)c2cccc(Cl)c2)CC1. The molecule has 1 saturated heterocycles. The Bertz CT molecular complexity index is 726. The second kappa shape index (κ2) is 9.25. The van der Waals surface area contributed by atoms with Crippen LogP contribution in [0.3, 0.4) is 0 Å². The van der Waals surface area contributed by atoms with Gasteiger partial charge >= 0.3 is 0 Å². The minimum absolute atomic E-state index is 0.138. The zero-order valence-corrected chi connectivity index (χ0v) is 16.4. The topological polar surface area (TPSA) is 49.8 Å². The van der Waals surface area contributed by atoms with Gasteiger partial charge < -0.3 is 14.7 Å². The van der Waals surface area contributed by atoms with E-state index in [0.717, 1.165) is 43.7 Å². The molecular weight excluding hydrogens is 362 g/mol.